The van der Waals surface area contributed by atoms with Gasteiger partial charge in [-0.15, -0.1) is 0 Å². The molecule has 2 amide bonds. The summed E-state index contributed by atoms with van der Waals surface area (Å²) in [4.78, 5) is 38.3. The highest BCUT2D eigenvalue weighted by Gasteiger charge is 2.16. The second-order valence-corrected chi connectivity index (χ2v) is 8.21. The Balaban J connectivity index is 1.79. The van der Waals surface area contributed by atoms with Crippen LogP contribution >= 0.6 is 11.6 Å². The number of anilines is 2. The maximum atomic E-state index is 12.8. The molecule has 1 aromatic carbocycles. The van der Waals surface area contributed by atoms with Crippen LogP contribution in [0.5, 0.6) is 0 Å². The molecule has 4 aromatic rings. The fourth-order valence-corrected chi connectivity index (χ4v) is 3.59. The summed E-state index contributed by atoms with van der Waals surface area (Å²) < 4.78 is 0. The van der Waals surface area contributed by atoms with Gasteiger partial charge in [0, 0.05) is 23.3 Å². The third-order valence-electron chi connectivity index (χ3n) is 5.38. The summed E-state index contributed by atoms with van der Waals surface area (Å²) in [5.41, 5.74) is 2.66. The van der Waals surface area contributed by atoms with Crippen LogP contribution in [0.1, 0.15) is 23.0 Å². The summed E-state index contributed by atoms with van der Waals surface area (Å²) in [6.45, 7) is 3.75. The number of nitrogens with zero attached hydrogens (tertiary/aromatic N) is 3. The maximum absolute atomic E-state index is 12.8. The van der Waals surface area contributed by atoms with Gasteiger partial charge in [0.25, 0.3) is 5.91 Å². The molecule has 0 bridgehead atoms. The number of nitrogens with one attached hydrogen (secondary N) is 3. The molecule has 34 heavy (non-hydrogen) atoms. The van der Waals surface area contributed by atoms with Gasteiger partial charge in [0.15, 0.2) is 0 Å². The molecule has 0 aliphatic heterocycles. The number of fused-ring (bicyclic) bond motifs is 1. The number of benzene rings is 1. The van der Waals surface area contributed by atoms with Crippen molar-refractivity contribution in [3.63, 3.8) is 0 Å². The first-order valence-corrected chi connectivity index (χ1v) is 11.0. The van der Waals surface area contributed by atoms with Crippen LogP contribution in [0.25, 0.3) is 22.0 Å². The zero-order valence-electron chi connectivity index (χ0n) is 18.9. The Kier molecular flexibility index (Phi) is 6.81. The number of aryl methyl sites for hydroxylation is 1. The number of pyridine rings is 3. The Labute approximate surface area is 201 Å². The largest absolute Gasteiger partial charge is 0.309 e. The minimum atomic E-state index is -0.454. The summed E-state index contributed by atoms with van der Waals surface area (Å²) >= 11 is 5.87. The fourth-order valence-electron chi connectivity index (χ4n) is 3.48. The van der Waals surface area contributed by atoms with Crippen molar-refractivity contribution in [1.29, 1.82) is 0 Å². The SMILES string of the molecule is CNC(C)C(=O)Nc1cc(-c2nccc3cccc(C)c23)cc(NC(=O)c2ccc(Cl)cn2)n1. The number of likely N-dealkylation sites (N-methyl/N-ethyl adjacent to an activating group) is 1. The van der Waals surface area contributed by atoms with Crippen LogP contribution in [0.15, 0.2) is 60.9 Å². The van der Waals surface area contributed by atoms with E-state index in [2.05, 4.69) is 30.9 Å². The molecule has 0 spiro atoms. The highest BCUT2D eigenvalue weighted by molar-refractivity contribution is 6.30. The molecule has 9 heteroatoms. The van der Waals surface area contributed by atoms with E-state index in [9.17, 15) is 9.59 Å². The van der Waals surface area contributed by atoms with Crippen molar-refractivity contribution in [3.8, 4) is 11.3 Å². The molecule has 0 aliphatic rings. The van der Waals surface area contributed by atoms with Gasteiger partial charge in [0.1, 0.15) is 17.3 Å². The van der Waals surface area contributed by atoms with Crippen molar-refractivity contribution in [1.82, 2.24) is 20.3 Å². The lowest BCUT2D eigenvalue weighted by atomic mass is 10.0. The summed E-state index contributed by atoms with van der Waals surface area (Å²) in [6, 6.07) is 14.1. The zero-order valence-corrected chi connectivity index (χ0v) is 19.6. The van der Waals surface area contributed by atoms with Crippen molar-refractivity contribution in [3.05, 3.63) is 77.2 Å². The predicted molar refractivity (Wildman–Crippen MR) is 134 cm³/mol. The average molecular weight is 475 g/mol. The highest BCUT2D eigenvalue weighted by Crippen LogP contribution is 2.31. The van der Waals surface area contributed by atoms with Crippen LogP contribution in [0.2, 0.25) is 5.02 Å². The highest BCUT2D eigenvalue weighted by atomic mass is 35.5. The second kappa shape index (κ2) is 9.94. The summed E-state index contributed by atoms with van der Waals surface area (Å²) in [6.07, 6.45) is 3.13. The third kappa shape index (κ3) is 5.03. The van der Waals surface area contributed by atoms with Crippen LogP contribution in [0, 0.1) is 6.92 Å². The van der Waals surface area contributed by atoms with E-state index in [4.69, 9.17) is 11.6 Å². The predicted octanol–water partition coefficient (Wildman–Crippen LogP) is 4.45. The van der Waals surface area contributed by atoms with Crippen molar-refractivity contribution < 1.29 is 9.59 Å². The van der Waals surface area contributed by atoms with Crippen LogP contribution in [0.3, 0.4) is 0 Å². The van der Waals surface area contributed by atoms with E-state index in [1.807, 2.05) is 31.2 Å². The molecule has 3 heterocycles. The van der Waals surface area contributed by atoms with Crippen LogP contribution in [0.4, 0.5) is 11.6 Å². The summed E-state index contributed by atoms with van der Waals surface area (Å²) in [7, 11) is 1.70. The second-order valence-electron chi connectivity index (χ2n) is 7.77. The number of hydrogen-bond donors (Lipinski definition) is 3. The Bertz CT molecular complexity index is 1370. The van der Waals surface area contributed by atoms with Gasteiger partial charge < -0.3 is 16.0 Å². The Morgan fingerprint density at radius 3 is 2.47 bits per heavy atom. The molecule has 4 rings (SSSR count). The van der Waals surface area contributed by atoms with Crippen LogP contribution < -0.4 is 16.0 Å². The molecule has 0 aliphatic carbocycles. The lowest BCUT2D eigenvalue weighted by Crippen LogP contribution is -2.35. The van der Waals surface area contributed by atoms with Crippen molar-refractivity contribution in [2.45, 2.75) is 19.9 Å². The Hall–Kier alpha value is -3.88. The molecule has 1 atom stereocenters. The first-order chi connectivity index (χ1) is 16.4. The van der Waals surface area contributed by atoms with Gasteiger partial charge in [0.05, 0.1) is 16.8 Å². The first kappa shape index (κ1) is 23.3. The summed E-state index contributed by atoms with van der Waals surface area (Å²) in [5.74, 6) is -0.175. The standard InChI is InChI=1S/C25H23ClN6O2/c1-14-5-4-6-16-9-10-28-23(22(14)16)17-11-20(31-24(33)15(2)27-3)30-21(12-17)32-25(34)19-8-7-18(26)13-29-19/h4-13,15,27H,1-3H3,(H2,30,31,32,33,34). The van der Waals surface area contributed by atoms with E-state index in [1.165, 1.54) is 12.3 Å². The molecule has 172 valence electrons. The molecule has 0 saturated carbocycles. The van der Waals surface area contributed by atoms with Crippen LogP contribution in [-0.2, 0) is 4.79 Å². The lowest BCUT2D eigenvalue weighted by molar-refractivity contribution is -0.117. The number of amides is 2. The average Bonchev–Trinajstić information content (AvgIpc) is 2.83. The van der Waals surface area contributed by atoms with Gasteiger partial charge in [-0.1, -0.05) is 29.8 Å². The van der Waals surface area contributed by atoms with E-state index in [-0.39, 0.29) is 23.2 Å². The molecule has 3 N–H and O–H groups in total. The van der Waals surface area contributed by atoms with Gasteiger partial charge in [0.2, 0.25) is 5.91 Å². The number of aromatic nitrogens is 3. The zero-order chi connectivity index (χ0) is 24.2. The molecule has 0 saturated heterocycles. The molecule has 8 nitrogen and oxygen atoms in total. The van der Waals surface area contributed by atoms with E-state index in [0.29, 0.717) is 10.6 Å². The fraction of sp³-hybridized carbons (Fsp3) is 0.160. The number of hydrogen-bond acceptors (Lipinski definition) is 6. The van der Waals surface area contributed by atoms with Gasteiger partial charge in [-0.3, -0.25) is 14.6 Å². The van der Waals surface area contributed by atoms with Crippen molar-refractivity contribution in [2.24, 2.45) is 0 Å². The van der Waals surface area contributed by atoms with Crippen molar-refractivity contribution in [2.75, 3.05) is 17.7 Å². The van der Waals surface area contributed by atoms with E-state index >= 15 is 0 Å². The quantitative estimate of drug-likeness (QED) is 0.381. The normalized spacial score (nSPS) is 11.8. The molecule has 0 radical (unpaired) electrons. The van der Waals surface area contributed by atoms with Gasteiger partial charge >= 0.3 is 0 Å². The van der Waals surface area contributed by atoms with Gasteiger partial charge in [-0.2, -0.15) is 0 Å². The Morgan fingerprint density at radius 1 is 1.00 bits per heavy atom. The number of carbonyl (C=O) groups excluding carboxylic acids is 2. The number of halogens is 1. The molecule has 0 fully saturated rings. The minimum Gasteiger partial charge on any atom is -0.309 e. The minimum absolute atomic E-state index is 0.185. The Morgan fingerprint density at radius 2 is 1.76 bits per heavy atom. The van der Waals surface area contributed by atoms with Crippen molar-refractivity contribution >= 4 is 45.8 Å². The maximum Gasteiger partial charge on any atom is 0.275 e. The molecular weight excluding hydrogens is 452 g/mol. The lowest BCUT2D eigenvalue weighted by Gasteiger charge is -2.14. The van der Waals surface area contributed by atoms with E-state index in [1.54, 1.807) is 38.4 Å². The van der Waals surface area contributed by atoms with Crippen LogP contribution in [-0.4, -0.2) is 39.9 Å². The summed E-state index contributed by atoms with van der Waals surface area (Å²) in [5, 5.41) is 10.9. The smallest absolute Gasteiger partial charge is 0.275 e. The van der Waals surface area contributed by atoms with E-state index < -0.39 is 11.9 Å². The molecule has 1 unspecified atom stereocenters. The monoisotopic (exact) mass is 474 g/mol. The molecular formula is C25H23ClN6O2. The first-order valence-electron chi connectivity index (χ1n) is 10.6. The third-order valence-corrected chi connectivity index (χ3v) is 5.60. The number of rotatable bonds is 6. The number of carbonyl (C=O) groups is 2. The topological polar surface area (TPSA) is 109 Å². The van der Waals surface area contributed by atoms with E-state index in [0.717, 1.165) is 22.0 Å². The molecule has 3 aromatic heterocycles. The van der Waals surface area contributed by atoms with Gasteiger partial charge in [-0.25, -0.2) is 9.97 Å². The van der Waals surface area contributed by atoms with Gasteiger partial charge in [-0.05, 0) is 62.2 Å².